The van der Waals surface area contributed by atoms with Gasteiger partial charge < -0.3 is 9.64 Å². The number of anilines is 1. The van der Waals surface area contributed by atoms with Crippen LogP contribution in [0.3, 0.4) is 0 Å². The second-order valence-electron chi connectivity index (χ2n) is 5.71. The maximum absolute atomic E-state index is 11.8. The second-order valence-corrected chi connectivity index (χ2v) is 6.69. The van der Waals surface area contributed by atoms with Gasteiger partial charge in [0.1, 0.15) is 0 Å². The van der Waals surface area contributed by atoms with Crippen molar-refractivity contribution in [3.8, 4) is 0 Å². The third-order valence-corrected chi connectivity index (χ3v) is 5.30. The summed E-state index contributed by atoms with van der Waals surface area (Å²) in [4.78, 5) is 18.9. The van der Waals surface area contributed by atoms with E-state index in [0.29, 0.717) is 13.0 Å². The average Bonchev–Trinajstić information content (AvgIpc) is 3.02. The summed E-state index contributed by atoms with van der Waals surface area (Å²) in [6, 6.07) is 0.196. The zero-order valence-corrected chi connectivity index (χ0v) is 14.2. The fourth-order valence-electron chi connectivity index (χ4n) is 3.07. The molecule has 3 heterocycles. The normalized spacial score (nSPS) is 18.9. The van der Waals surface area contributed by atoms with Gasteiger partial charge in [-0.2, -0.15) is 5.10 Å². The third-order valence-electron chi connectivity index (χ3n) is 4.11. The Bertz CT molecular complexity index is 644. The number of thiazole rings is 1. The van der Waals surface area contributed by atoms with Crippen LogP contribution in [0.1, 0.15) is 38.3 Å². The molecule has 1 saturated heterocycles. The molecule has 1 unspecified atom stereocenters. The zero-order valence-electron chi connectivity index (χ0n) is 13.3. The van der Waals surface area contributed by atoms with Gasteiger partial charge in [0.25, 0.3) is 0 Å². The van der Waals surface area contributed by atoms with Crippen LogP contribution in [-0.4, -0.2) is 39.9 Å². The number of esters is 1. The van der Waals surface area contributed by atoms with Gasteiger partial charge in [0.15, 0.2) is 10.8 Å². The molecular formula is C15H22N4O2S. The largest absolute Gasteiger partial charge is 0.466 e. The Morgan fingerprint density at radius 3 is 3.00 bits per heavy atom. The van der Waals surface area contributed by atoms with E-state index >= 15 is 0 Å². The predicted octanol–water partition coefficient (Wildman–Crippen LogP) is 2.65. The lowest BCUT2D eigenvalue weighted by atomic mass is 10.00. The highest BCUT2D eigenvalue weighted by Crippen LogP contribution is 2.34. The number of rotatable bonds is 4. The number of ether oxygens (including phenoxy) is 1. The molecule has 0 bridgehead atoms. The molecule has 0 amide bonds. The number of piperidine rings is 1. The summed E-state index contributed by atoms with van der Waals surface area (Å²) in [5.41, 5.74) is 1.94. The molecule has 1 aliphatic rings. The number of aryl methyl sites for hydroxylation is 2. The monoisotopic (exact) mass is 322 g/mol. The number of nitrogens with zero attached hydrogens (tertiary/aromatic N) is 4. The van der Waals surface area contributed by atoms with Crippen LogP contribution < -0.4 is 4.90 Å². The van der Waals surface area contributed by atoms with Crippen LogP contribution in [0.4, 0.5) is 5.13 Å². The molecule has 1 atom stereocenters. The zero-order chi connectivity index (χ0) is 15.7. The lowest BCUT2D eigenvalue weighted by Gasteiger charge is -2.35. The smallest absolute Gasteiger partial charge is 0.307 e. The minimum absolute atomic E-state index is 0.113. The molecule has 0 aromatic carbocycles. The quantitative estimate of drug-likeness (QED) is 0.810. The van der Waals surface area contributed by atoms with Crippen LogP contribution in [0.25, 0.3) is 10.3 Å². The number of hydrogen-bond donors (Lipinski definition) is 0. The summed E-state index contributed by atoms with van der Waals surface area (Å²) in [7, 11) is 1.92. The van der Waals surface area contributed by atoms with Gasteiger partial charge in [0, 0.05) is 19.6 Å². The van der Waals surface area contributed by atoms with Crippen LogP contribution in [0.2, 0.25) is 0 Å². The van der Waals surface area contributed by atoms with E-state index < -0.39 is 0 Å². The van der Waals surface area contributed by atoms with E-state index in [1.54, 1.807) is 11.3 Å². The first-order chi connectivity index (χ1) is 10.6. The summed E-state index contributed by atoms with van der Waals surface area (Å²) in [5, 5.41) is 5.40. The maximum atomic E-state index is 11.8. The van der Waals surface area contributed by atoms with Crippen LogP contribution in [-0.2, 0) is 16.6 Å². The Balaban J connectivity index is 1.85. The molecule has 0 radical (unpaired) electrons. The van der Waals surface area contributed by atoms with E-state index in [9.17, 15) is 4.79 Å². The molecule has 1 fully saturated rings. The molecule has 1 aliphatic heterocycles. The Hall–Kier alpha value is -1.63. The summed E-state index contributed by atoms with van der Waals surface area (Å²) in [6.07, 6.45) is 3.77. The maximum Gasteiger partial charge on any atom is 0.307 e. The molecule has 0 spiro atoms. The minimum atomic E-state index is -0.113. The number of fused-ring (bicyclic) bond motifs is 1. The van der Waals surface area contributed by atoms with E-state index in [1.807, 2.05) is 25.6 Å². The average molecular weight is 322 g/mol. The molecule has 120 valence electrons. The van der Waals surface area contributed by atoms with Crippen molar-refractivity contribution in [2.45, 2.75) is 45.6 Å². The van der Waals surface area contributed by atoms with Gasteiger partial charge in [-0.05, 0) is 33.1 Å². The molecule has 0 saturated carbocycles. The summed E-state index contributed by atoms with van der Waals surface area (Å²) >= 11 is 1.67. The van der Waals surface area contributed by atoms with E-state index in [1.165, 1.54) is 0 Å². The summed E-state index contributed by atoms with van der Waals surface area (Å²) in [5.74, 6) is -0.113. The van der Waals surface area contributed by atoms with E-state index in [4.69, 9.17) is 9.72 Å². The van der Waals surface area contributed by atoms with Crippen LogP contribution in [0.15, 0.2) is 0 Å². The Labute approximate surface area is 134 Å². The molecular weight excluding hydrogens is 300 g/mol. The predicted molar refractivity (Wildman–Crippen MR) is 87.4 cm³/mol. The van der Waals surface area contributed by atoms with Crippen LogP contribution in [0.5, 0.6) is 0 Å². The Morgan fingerprint density at radius 2 is 2.27 bits per heavy atom. The van der Waals surface area contributed by atoms with Crippen molar-refractivity contribution in [1.82, 2.24) is 14.8 Å². The minimum Gasteiger partial charge on any atom is -0.466 e. The Kier molecular flexibility index (Phi) is 4.33. The topological polar surface area (TPSA) is 60.2 Å². The molecule has 7 heteroatoms. The molecule has 22 heavy (non-hydrogen) atoms. The molecule has 2 aromatic rings. The van der Waals surface area contributed by atoms with Crippen molar-refractivity contribution in [2.24, 2.45) is 7.05 Å². The van der Waals surface area contributed by atoms with Crippen LogP contribution in [0, 0.1) is 6.92 Å². The van der Waals surface area contributed by atoms with Gasteiger partial charge >= 0.3 is 5.97 Å². The fourth-order valence-corrected chi connectivity index (χ4v) is 4.20. The molecule has 0 aliphatic carbocycles. The Morgan fingerprint density at radius 1 is 1.45 bits per heavy atom. The van der Waals surface area contributed by atoms with Crippen molar-refractivity contribution in [2.75, 3.05) is 18.1 Å². The lowest BCUT2D eigenvalue weighted by Crippen LogP contribution is -2.41. The number of hydrogen-bond acceptors (Lipinski definition) is 6. The lowest BCUT2D eigenvalue weighted by molar-refractivity contribution is -0.143. The van der Waals surface area contributed by atoms with Crippen molar-refractivity contribution in [3.63, 3.8) is 0 Å². The molecule has 3 rings (SSSR count). The molecule has 6 nitrogen and oxygen atoms in total. The third kappa shape index (κ3) is 2.82. The highest BCUT2D eigenvalue weighted by Gasteiger charge is 2.28. The number of carbonyl (C=O) groups is 1. The van der Waals surface area contributed by atoms with Crippen molar-refractivity contribution < 1.29 is 9.53 Å². The SMILES string of the molecule is CCOC(=O)CC1CCCCN1c1nc2c(s1)c(C)nn2C. The molecule has 2 aromatic heterocycles. The first-order valence-electron chi connectivity index (χ1n) is 7.82. The van der Waals surface area contributed by atoms with Crippen molar-refractivity contribution in [1.29, 1.82) is 0 Å². The molecule has 0 N–H and O–H groups in total. The van der Waals surface area contributed by atoms with Crippen molar-refractivity contribution >= 4 is 32.8 Å². The summed E-state index contributed by atoms with van der Waals surface area (Å²) in [6.45, 7) is 5.25. The van der Waals surface area contributed by atoms with Gasteiger partial charge in [0.05, 0.1) is 23.4 Å². The second kappa shape index (κ2) is 6.24. The fraction of sp³-hybridized carbons (Fsp3) is 0.667. The van der Waals surface area contributed by atoms with E-state index in [0.717, 1.165) is 47.0 Å². The van der Waals surface area contributed by atoms with Gasteiger partial charge in [-0.1, -0.05) is 11.3 Å². The van der Waals surface area contributed by atoms with E-state index in [2.05, 4.69) is 10.00 Å². The number of carbonyl (C=O) groups excluding carboxylic acids is 1. The van der Waals surface area contributed by atoms with Gasteiger partial charge in [0.2, 0.25) is 0 Å². The first-order valence-corrected chi connectivity index (χ1v) is 8.64. The highest BCUT2D eigenvalue weighted by atomic mass is 32.1. The van der Waals surface area contributed by atoms with Gasteiger partial charge in [-0.3, -0.25) is 4.79 Å². The summed E-state index contributed by atoms with van der Waals surface area (Å²) < 4.78 is 8.08. The van der Waals surface area contributed by atoms with Crippen molar-refractivity contribution in [3.05, 3.63) is 5.69 Å². The van der Waals surface area contributed by atoms with Gasteiger partial charge in [-0.15, -0.1) is 0 Å². The number of aromatic nitrogens is 3. The highest BCUT2D eigenvalue weighted by molar-refractivity contribution is 7.22. The van der Waals surface area contributed by atoms with Gasteiger partial charge in [-0.25, -0.2) is 9.67 Å². The first kappa shape index (κ1) is 15.3. The van der Waals surface area contributed by atoms with E-state index in [-0.39, 0.29) is 12.0 Å². The van der Waals surface area contributed by atoms with Crippen LogP contribution >= 0.6 is 11.3 Å². The standard InChI is InChI=1S/C15H22N4O2S/c1-4-21-12(20)9-11-7-5-6-8-19(11)15-16-14-13(22-15)10(2)17-18(14)3/h11H,4-9H2,1-3H3.